The summed E-state index contributed by atoms with van der Waals surface area (Å²) in [6.45, 7) is 0. The van der Waals surface area contributed by atoms with Gasteiger partial charge in [0, 0.05) is 34.7 Å². The van der Waals surface area contributed by atoms with E-state index in [0.717, 1.165) is 22.3 Å². The Kier molecular flexibility index (Phi) is 5.81. The van der Waals surface area contributed by atoms with Gasteiger partial charge in [0.2, 0.25) is 0 Å². The van der Waals surface area contributed by atoms with Crippen molar-refractivity contribution in [1.29, 1.82) is 5.26 Å². The Balaban J connectivity index is 1.98. The summed E-state index contributed by atoms with van der Waals surface area (Å²) in [5.41, 5.74) is 3.90. The fourth-order valence-corrected chi connectivity index (χ4v) is 5.22. The Bertz CT molecular complexity index is 1390. The van der Waals surface area contributed by atoms with Crippen LogP contribution < -0.4 is 10.6 Å². The largest absolute Gasteiger partial charge is 0.416 e. The standard InChI is InChI=1S/C21H14F3N5O5S/c22-21(23,24)10-4-5-12(14(8-10)28(31)32)27-13-2-1-3-15(30)19(13)18(11(9-25)20(27)26)16-6-7-17(35-16)29(33)34/h4-8,18H,1-3,26H2/t18-/m1/s1. The van der Waals surface area contributed by atoms with E-state index in [-0.39, 0.29) is 52.0 Å². The summed E-state index contributed by atoms with van der Waals surface area (Å²) >= 11 is 0.758. The van der Waals surface area contributed by atoms with Crippen LogP contribution in [0, 0.1) is 31.6 Å². The van der Waals surface area contributed by atoms with Gasteiger partial charge >= 0.3 is 11.2 Å². The smallest absolute Gasteiger partial charge is 0.384 e. The summed E-state index contributed by atoms with van der Waals surface area (Å²) in [7, 11) is 0. The minimum absolute atomic E-state index is 0.0907. The number of hydrogen-bond donors (Lipinski definition) is 1. The van der Waals surface area contributed by atoms with Gasteiger partial charge in [-0.25, -0.2) is 0 Å². The van der Waals surface area contributed by atoms with Crippen LogP contribution in [0.4, 0.5) is 29.5 Å². The highest BCUT2D eigenvalue weighted by Gasteiger charge is 2.43. The van der Waals surface area contributed by atoms with Crippen LogP contribution >= 0.6 is 11.3 Å². The molecule has 2 N–H and O–H groups in total. The van der Waals surface area contributed by atoms with E-state index < -0.39 is 33.2 Å². The Hall–Kier alpha value is -4.25. The predicted molar refractivity (Wildman–Crippen MR) is 117 cm³/mol. The molecule has 0 spiro atoms. The van der Waals surface area contributed by atoms with Crippen molar-refractivity contribution in [1.82, 2.24) is 0 Å². The molecule has 0 saturated carbocycles. The highest BCUT2D eigenvalue weighted by Crippen LogP contribution is 2.50. The Morgan fingerprint density at radius 2 is 1.86 bits per heavy atom. The number of nitro benzene ring substituents is 1. The Morgan fingerprint density at radius 1 is 1.14 bits per heavy atom. The number of halogens is 3. The van der Waals surface area contributed by atoms with E-state index in [1.165, 1.54) is 12.1 Å². The van der Waals surface area contributed by atoms with Crippen LogP contribution in [0.15, 0.2) is 53.0 Å². The molecule has 0 fully saturated rings. The van der Waals surface area contributed by atoms with E-state index >= 15 is 0 Å². The molecule has 0 amide bonds. The number of nitrogens with two attached hydrogens (primary N) is 1. The summed E-state index contributed by atoms with van der Waals surface area (Å²) in [5.74, 6) is -1.72. The van der Waals surface area contributed by atoms with Crippen molar-refractivity contribution in [3.63, 3.8) is 0 Å². The molecule has 1 aromatic carbocycles. The number of anilines is 1. The van der Waals surface area contributed by atoms with Gasteiger partial charge in [-0.15, -0.1) is 0 Å². The molecular weight excluding hydrogens is 491 g/mol. The molecule has 0 unspecified atom stereocenters. The summed E-state index contributed by atoms with van der Waals surface area (Å²) < 4.78 is 39.6. The number of ketones is 1. The second-order valence-corrected chi connectivity index (χ2v) is 8.80. The molecule has 0 bridgehead atoms. The maximum absolute atomic E-state index is 13.2. The van der Waals surface area contributed by atoms with Gasteiger partial charge in [-0.3, -0.25) is 29.9 Å². The number of benzene rings is 1. The summed E-state index contributed by atoms with van der Waals surface area (Å²) in [4.78, 5) is 35.7. The molecule has 4 rings (SSSR count). The van der Waals surface area contributed by atoms with Gasteiger partial charge in [-0.2, -0.15) is 18.4 Å². The van der Waals surface area contributed by atoms with Gasteiger partial charge in [-0.1, -0.05) is 11.3 Å². The molecular formula is C21H14F3N5O5S. The normalized spacial score (nSPS) is 18.4. The number of nitro groups is 2. The van der Waals surface area contributed by atoms with Crippen molar-refractivity contribution in [2.75, 3.05) is 4.90 Å². The summed E-state index contributed by atoms with van der Waals surface area (Å²) in [6, 6.07) is 6.42. The second kappa shape index (κ2) is 8.51. The molecule has 1 aromatic heterocycles. The lowest BCUT2D eigenvalue weighted by molar-refractivity contribution is -0.384. The maximum atomic E-state index is 13.2. The first-order valence-corrected chi connectivity index (χ1v) is 10.8. The minimum Gasteiger partial charge on any atom is -0.384 e. The topological polar surface area (TPSA) is 156 Å². The molecule has 1 atom stereocenters. The van der Waals surface area contributed by atoms with Crippen molar-refractivity contribution in [2.45, 2.75) is 31.4 Å². The average molecular weight is 505 g/mol. The van der Waals surface area contributed by atoms with Crippen LogP contribution in [-0.2, 0) is 11.0 Å². The second-order valence-electron chi connectivity index (χ2n) is 7.71. The summed E-state index contributed by atoms with van der Waals surface area (Å²) in [6.07, 6.45) is -4.20. The number of alkyl halides is 3. The third-order valence-corrected chi connectivity index (χ3v) is 6.83. The van der Waals surface area contributed by atoms with Crippen molar-refractivity contribution < 1.29 is 27.8 Å². The van der Waals surface area contributed by atoms with E-state index in [0.29, 0.717) is 23.4 Å². The first-order chi connectivity index (χ1) is 16.5. The first kappa shape index (κ1) is 23.9. The van der Waals surface area contributed by atoms with Crippen LogP contribution in [0.1, 0.15) is 35.6 Å². The van der Waals surface area contributed by atoms with E-state index in [9.17, 15) is 43.5 Å². The van der Waals surface area contributed by atoms with Crippen molar-refractivity contribution in [3.8, 4) is 6.07 Å². The fourth-order valence-electron chi connectivity index (χ4n) is 4.28. The van der Waals surface area contributed by atoms with Crippen molar-refractivity contribution in [3.05, 3.63) is 83.7 Å². The number of Topliss-reactive ketones (excluding diaryl/α,β-unsaturated/α-hetero) is 1. The van der Waals surface area contributed by atoms with Gasteiger partial charge in [0.25, 0.3) is 5.69 Å². The molecule has 2 aliphatic rings. The van der Waals surface area contributed by atoms with Gasteiger partial charge in [0.05, 0.1) is 33.0 Å². The first-order valence-electron chi connectivity index (χ1n) is 10.0. The van der Waals surface area contributed by atoms with Crippen LogP contribution in [0.5, 0.6) is 0 Å². The van der Waals surface area contributed by atoms with Gasteiger partial charge < -0.3 is 5.73 Å². The van der Waals surface area contributed by atoms with Gasteiger partial charge in [-0.05, 0) is 31.0 Å². The molecule has 0 radical (unpaired) electrons. The molecule has 35 heavy (non-hydrogen) atoms. The highest BCUT2D eigenvalue weighted by atomic mass is 32.1. The lowest BCUT2D eigenvalue weighted by Gasteiger charge is -2.39. The van der Waals surface area contributed by atoms with Crippen LogP contribution in [-0.4, -0.2) is 15.6 Å². The minimum atomic E-state index is -4.84. The molecule has 2 aromatic rings. The Morgan fingerprint density at radius 3 is 2.43 bits per heavy atom. The number of nitriles is 1. The number of thiophene rings is 1. The van der Waals surface area contributed by atoms with Gasteiger partial charge in [0.1, 0.15) is 11.5 Å². The quantitative estimate of drug-likeness (QED) is 0.455. The van der Waals surface area contributed by atoms with E-state index in [1.54, 1.807) is 0 Å². The zero-order chi connectivity index (χ0) is 25.7. The number of allylic oxidation sites excluding steroid dienone is 3. The lowest BCUT2D eigenvalue weighted by atomic mass is 9.78. The maximum Gasteiger partial charge on any atom is 0.416 e. The molecule has 1 aliphatic heterocycles. The lowest BCUT2D eigenvalue weighted by Crippen LogP contribution is -2.38. The van der Waals surface area contributed by atoms with Crippen LogP contribution in [0.3, 0.4) is 0 Å². The van der Waals surface area contributed by atoms with Gasteiger partial charge in [0.15, 0.2) is 5.78 Å². The van der Waals surface area contributed by atoms with E-state index in [2.05, 4.69) is 0 Å². The SMILES string of the molecule is N#CC1=C(N)N(c2ccc(C(F)(F)F)cc2[N+](=O)[O-])C2=C(C(=O)CCC2)[C@H]1c1ccc([N+](=O)[O-])s1. The third kappa shape index (κ3) is 3.99. The van der Waals surface area contributed by atoms with Crippen LogP contribution in [0.25, 0.3) is 0 Å². The number of rotatable bonds is 4. The zero-order valence-corrected chi connectivity index (χ0v) is 18.4. The Labute approximate surface area is 198 Å². The van der Waals surface area contributed by atoms with E-state index in [4.69, 9.17) is 5.73 Å². The molecule has 0 saturated heterocycles. The average Bonchev–Trinajstić information content (AvgIpc) is 3.28. The molecule has 1 aliphatic carbocycles. The molecule has 180 valence electrons. The number of nitrogens with zero attached hydrogens (tertiary/aromatic N) is 4. The summed E-state index contributed by atoms with van der Waals surface area (Å²) in [5, 5.41) is 32.6. The molecule has 14 heteroatoms. The zero-order valence-electron chi connectivity index (χ0n) is 17.5. The van der Waals surface area contributed by atoms with Crippen LogP contribution in [0.2, 0.25) is 0 Å². The van der Waals surface area contributed by atoms with E-state index in [1.807, 2.05) is 6.07 Å². The predicted octanol–water partition coefficient (Wildman–Crippen LogP) is 4.89. The van der Waals surface area contributed by atoms with Crippen molar-refractivity contribution in [2.24, 2.45) is 5.73 Å². The number of carbonyl (C=O) groups is 1. The fraction of sp³-hybridized carbons (Fsp3) is 0.238. The molecule has 2 heterocycles. The number of carbonyl (C=O) groups excluding carboxylic acids is 1. The third-order valence-electron chi connectivity index (χ3n) is 5.73. The molecule has 10 nitrogen and oxygen atoms in total. The monoisotopic (exact) mass is 505 g/mol. The number of hydrogen-bond acceptors (Lipinski definition) is 9. The van der Waals surface area contributed by atoms with Crippen molar-refractivity contribution >= 4 is 33.5 Å². The highest BCUT2D eigenvalue weighted by molar-refractivity contribution is 7.15.